The highest BCUT2D eigenvalue weighted by molar-refractivity contribution is 9.10. The Bertz CT molecular complexity index is 505. The Labute approximate surface area is 118 Å². The van der Waals surface area contributed by atoms with E-state index in [-0.39, 0.29) is 18.1 Å². The molecule has 104 valence electrons. The monoisotopic (exact) mass is 331 g/mol. The van der Waals surface area contributed by atoms with Gasteiger partial charge in [0, 0.05) is 6.54 Å². The van der Waals surface area contributed by atoms with Crippen molar-refractivity contribution in [1.29, 1.82) is 0 Å². The molecule has 0 atom stereocenters. The van der Waals surface area contributed by atoms with Crippen LogP contribution >= 0.6 is 15.9 Å². The summed E-state index contributed by atoms with van der Waals surface area (Å²) in [6, 6.07) is 1.54. The summed E-state index contributed by atoms with van der Waals surface area (Å²) in [5.41, 5.74) is -0.554. The molecule has 0 aliphatic rings. The fourth-order valence-corrected chi connectivity index (χ4v) is 1.70. The Morgan fingerprint density at radius 3 is 2.79 bits per heavy atom. The third-order valence-electron chi connectivity index (χ3n) is 2.46. The highest BCUT2D eigenvalue weighted by atomic mass is 79.9. The van der Waals surface area contributed by atoms with E-state index in [0.29, 0.717) is 4.47 Å². The van der Waals surface area contributed by atoms with E-state index in [0.717, 1.165) is 0 Å². The van der Waals surface area contributed by atoms with E-state index in [1.165, 1.54) is 13.3 Å². The largest absolute Gasteiger partial charge is 0.469 e. The molecule has 1 rings (SSSR count). The number of halogens is 1. The predicted octanol–water partition coefficient (Wildman–Crippen LogP) is 2.36. The summed E-state index contributed by atoms with van der Waals surface area (Å²) in [5.74, 6) is -0.686. The molecule has 19 heavy (non-hydrogen) atoms. The zero-order valence-electron chi connectivity index (χ0n) is 10.8. The van der Waals surface area contributed by atoms with Gasteiger partial charge in [0.2, 0.25) is 0 Å². The van der Waals surface area contributed by atoms with Gasteiger partial charge in [-0.1, -0.05) is 0 Å². The topological polar surface area (TPSA) is 94.4 Å². The van der Waals surface area contributed by atoms with Crippen molar-refractivity contribution in [3.63, 3.8) is 0 Å². The SMILES string of the molecule is COC(=O)C(C)(C)CNc1cc(Br)cnc1[N+](=O)[O-]. The minimum Gasteiger partial charge on any atom is -0.469 e. The summed E-state index contributed by atoms with van der Waals surface area (Å²) >= 11 is 3.19. The predicted molar refractivity (Wildman–Crippen MR) is 72.9 cm³/mol. The van der Waals surface area contributed by atoms with Gasteiger partial charge in [-0.15, -0.1) is 0 Å². The smallest absolute Gasteiger partial charge is 0.386 e. The second kappa shape index (κ2) is 5.96. The zero-order valence-corrected chi connectivity index (χ0v) is 12.4. The molecule has 0 saturated heterocycles. The standard InChI is InChI=1S/C11H14BrN3O4/c1-11(2,10(16)19-3)6-14-8-4-7(12)5-13-9(8)15(17)18/h4-5,14H,6H2,1-3H3. The first-order chi connectivity index (χ1) is 8.77. The molecule has 0 radical (unpaired) electrons. The Hall–Kier alpha value is -1.70. The van der Waals surface area contributed by atoms with Gasteiger partial charge in [0.15, 0.2) is 6.20 Å². The van der Waals surface area contributed by atoms with Crippen molar-refractivity contribution in [3.8, 4) is 0 Å². The number of hydrogen-bond donors (Lipinski definition) is 1. The van der Waals surface area contributed by atoms with Crippen LogP contribution in [0.2, 0.25) is 0 Å². The molecule has 0 fully saturated rings. The van der Waals surface area contributed by atoms with Crippen molar-refractivity contribution < 1.29 is 14.5 Å². The summed E-state index contributed by atoms with van der Waals surface area (Å²) in [4.78, 5) is 25.5. The first kappa shape index (κ1) is 15.4. The Morgan fingerprint density at radius 1 is 1.63 bits per heavy atom. The van der Waals surface area contributed by atoms with Crippen LogP contribution in [0.1, 0.15) is 13.8 Å². The molecular formula is C11H14BrN3O4. The number of methoxy groups -OCH3 is 1. The lowest BCUT2D eigenvalue weighted by atomic mass is 9.93. The van der Waals surface area contributed by atoms with E-state index in [4.69, 9.17) is 0 Å². The lowest BCUT2D eigenvalue weighted by molar-refractivity contribution is -0.388. The van der Waals surface area contributed by atoms with Gasteiger partial charge in [0.1, 0.15) is 5.69 Å². The Kier molecular flexibility index (Phi) is 4.82. The van der Waals surface area contributed by atoms with Gasteiger partial charge in [-0.05, 0) is 45.8 Å². The summed E-state index contributed by atoms with van der Waals surface area (Å²) in [5, 5.41) is 13.7. The van der Waals surface area contributed by atoms with Crippen molar-refractivity contribution in [2.75, 3.05) is 19.0 Å². The minimum absolute atomic E-state index is 0.193. The minimum atomic E-state index is -0.801. The maximum absolute atomic E-state index is 11.5. The van der Waals surface area contributed by atoms with Crippen molar-refractivity contribution in [2.45, 2.75) is 13.8 Å². The van der Waals surface area contributed by atoms with Crippen LogP contribution in [0.4, 0.5) is 11.5 Å². The van der Waals surface area contributed by atoms with E-state index in [1.54, 1.807) is 19.9 Å². The summed E-state index contributed by atoms with van der Waals surface area (Å²) < 4.78 is 5.27. The number of rotatable bonds is 5. The molecule has 0 unspecified atom stereocenters. The number of esters is 1. The molecule has 0 spiro atoms. The molecule has 0 bridgehead atoms. The van der Waals surface area contributed by atoms with E-state index in [9.17, 15) is 14.9 Å². The Morgan fingerprint density at radius 2 is 2.26 bits per heavy atom. The van der Waals surface area contributed by atoms with Gasteiger partial charge >= 0.3 is 11.8 Å². The fraction of sp³-hybridized carbons (Fsp3) is 0.455. The molecular weight excluding hydrogens is 318 g/mol. The molecule has 1 heterocycles. The number of nitrogens with zero attached hydrogens (tertiary/aromatic N) is 2. The second-order valence-corrected chi connectivity index (χ2v) is 5.43. The number of carbonyl (C=O) groups excluding carboxylic acids is 1. The zero-order chi connectivity index (χ0) is 14.6. The molecule has 7 nitrogen and oxygen atoms in total. The maximum atomic E-state index is 11.5. The molecule has 8 heteroatoms. The first-order valence-electron chi connectivity index (χ1n) is 5.40. The van der Waals surface area contributed by atoms with Crippen LogP contribution in [0.5, 0.6) is 0 Å². The van der Waals surface area contributed by atoms with Crippen molar-refractivity contribution in [3.05, 3.63) is 26.9 Å². The maximum Gasteiger partial charge on any atom is 0.386 e. The molecule has 0 aromatic carbocycles. The lowest BCUT2D eigenvalue weighted by Crippen LogP contribution is -2.33. The molecule has 0 saturated carbocycles. The van der Waals surface area contributed by atoms with Crippen molar-refractivity contribution in [1.82, 2.24) is 4.98 Å². The number of nitrogens with one attached hydrogen (secondary N) is 1. The average Bonchev–Trinajstić information content (AvgIpc) is 2.35. The first-order valence-corrected chi connectivity index (χ1v) is 6.19. The molecule has 0 aliphatic carbocycles. The van der Waals surface area contributed by atoms with Crippen LogP contribution < -0.4 is 5.32 Å². The molecule has 1 aromatic rings. The number of anilines is 1. The van der Waals surface area contributed by atoms with E-state index in [1.807, 2.05) is 0 Å². The summed E-state index contributed by atoms with van der Waals surface area (Å²) in [6.45, 7) is 3.56. The summed E-state index contributed by atoms with van der Waals surface area (Å²) in [7, 11) is 1.30. The number of pyridine rings is 1. The van der Waals surface area contributed by atoms with Crippen LogP contribution in [-0.2, 0) is 9.53 Å². The molecule has 0 aliphatic heterocycles. The number of aromatic nitrogens is 1. The lowest BCUT2D eigenvalue weighted by Gasteiger charge is -2.22. The summed E-state index contributed by atoms with van der Waals surface area (Å²) in [6.07, 6.45) is 1.34. The van der Waals surface area contributed by atoms with Gasteiger partial charge in [-0.2, -0.15) is 0 Å². The van der Waals surface area contributed by atoms with Gasteiger partial charge in [-0.25, -0.2) is 0 Å². The average molecular weight is 332 g/mol. The van der Waals surface area contributed by atoms with E-state index < -0.39 is 16.3 Å². The quantitative estimate of drug-likeness (QED) is 0.505. The van der Waals surface area contributed by atoms with E-state index in [2.05, 4.69) is 31.0 Å². The van der Waals surface area contributed by atoms with Crippen LogP contribution in [0.15, 0.2) is 16.7 Å². The third kappa shape index (κ3) is 3.88. The number of carbonyl (C=O) groups is 1. The molecule has 1 N–H and O–H groups in total. The van der Waals surface area contributed by atoms with Crippen LogP contribution in [0.3, 0.4) is 0 Å². The van der Waals surface area contributed by atoms with Crippen LogP contribution in [0, 0.1) is 15.5 Å². The third-order valence-corrected chi connectivity index (χ3v) is 2.90. The number of ether oxygens (including phenoxy) is 1. The highest BCUT2D eigenvalue weighted by Gasteiger charge is 2.29. The second-order valence-electron chi connectivity index (χ2n) is 4.51. The fourth-order valence-electron chi connectivity index (χ4n) is 1.37. The normalized spacial score (nSPS) is 10.9. The van der Waals surface area contributed by atoms with Crippen molar-refractivity contribution in [2.24, 2.45) is 5.41 Å². The number of hydrogen-bond acceptors (Lipinski definition) is 6. The van der Waals surface area contributed by atoms with Crippen LogP contribution in [0.25, 0.3) is 0 Å². The molecule has 0 amide bonds. The molecule has 1 aromatic heterocycles. The highest BCUT2D eigenvalue weighted by Crippen LogP contribution is 2.27. The van der Waals surface area contributed by atoms with Gasteiger partial charge < -0.3 is 20.2 Å². The Balaban J connectivity index is 2.91. The van der Waals surface area contributed by atoms with E-state index >= 15 is 0 Å². The van der Waals surface area contributed by atoms with Gasteiger partial charge in [-0.3, -0.25) is 4.79 Å². The van der Waals surface area contributed by atoms with Gasteiger partial charge in [0.05, 0.1) is 17.0 Å². The number of nitro groups is 1. The van der Waals surface area contributed by atoms with Crippen molar-refractivity contribution >= 4 is 33.4 Å². The van der Waals surface area contributed by atoms with Crippen LogP contribution in [-0.4, -0.2) is 29.5 Å². The van der Waals surface area contributed by atoms with Gasteiger partial charge in [0.25, 0.3) is 0 Å².